The van der Waals surface area contributed by atoms with E-state index in [0.29, 0.717) is 11.3 Å². The molecule has 3 rings (SSSR count). The molecule has 1 amide bonds. The molecular formula is C18H18N2O3. The van der Waals surface area contributed by atoms with E-state index in [4.69, 9.17) is 9.84 Å². The van der Waals surface area contributed by atoms with Crippen LogP contribution in [0.15, 0.2) is 60.8 Å². The first-order valence-electron chi connectivity index (χ1n) is 7.01. The van der Waals surface area contributed by atoms with Gasteiger partial charge in [-0.1, -0.05) is 18.2 Å². The van der Waals surface area contributed by atoms with Crippen molar-refractivity contribution in [1.29, 1.82) is 0 Å². The second-order valence-corrected chi connectivity index (χ2v) is 4.60. The molecule has 0 unspecified atom stereocenters. The molecule has 0 radical (unpaired) electrons. The molecule has 3 aromatic rings. The number of anilines is 1. The smallest absolute Gasteiger partial charge is 0.257 e. The maximum Gasteiger partial charge on any atom is 0.257 e. The Bertz CT molecular complexity index is 786. The van der Waals surface area contributed by atoms with Crippen LogP contribution in [0.2, 0.25) is 0 Å². The lowest BCUT2D eigenvalue weighted by molar-refractivity contribution is 0.102. The van der Waals surface area contributed by atoms with Gasteiger partial charge in [0, 0.05) is 24.4 Å². The number of fused-ring (bicyclic) bond motifs is 1. The lowest BCUT2D eigenvalue weighted by Gasteiger charge is -2.07. The van der Waals surface area contributed by atoms with Crippen molar-refractivity contribution in [3.63, 3.8) is 0 Å². The minimum Gasteiger partial charge on any atom is -0.497 e. The van der Waals surface area contributed by atoms with Gasteiger partial charge in [0.05, 0.1) is 18.2 Å². The molecule has 0 aliphatic heterocycles. The predicted molar refractivity (Wildman–Crippen MR) is 90.8 cm³/mol. The third kappa shape index (κ3) is 4.05. The van der Waals surface area contributed by atoms with E-state index in [9.17, 15) is 4.79 Å². The molecule has 0 bridgehead atoms. The van der Waals surface area contributed by atoms with E-state index in [0.717, 1.165) is 23.8 Å². The van der Waals surface area contributed by atoms with Gasteiger partial charge in [-0.15, -0.1) is 0 Å². The molecule has 5 heteroatoms. The Morgan fingerprint density at radius 3 is 2.48 bits per heavy atom. The maximum absolute atomic E-state index is 12.2. The number of aliphatic hydroxyl groups excluding tert-OH is 1. The summed E-state index contributed by atoms with van der Waals surface area (Å²) in [5.41, 5.74) is 2.12. The number of rotatable bonds is 3. The number of aromatic nitrogens is 1. The zero-order valence-corrected chi connectivity index (χ0v) is 13.0. The van der Waals surface area contributed by atoms with Gasteiger partial charge in [-0.2, -0.15) is 0 Å². The molecule has 0 saturated carbocycles. The zero-order chi connectivity index (χ0) is 16.7. The number of carbonyl (C=O) groups is 1. The molecule has 118 valence electrons. The van der Waals surface area contributed by atoms with Crippen molar-refractivity contribution < 1.29 is 14.6 Å². The van der Waals surface area contributed by atoms with Crippen molar-refractivity contribution in [3.05, 3.63) is 66.4 Å². The van der Waals surface area contributed by atoms with Gasteiger partial charge >= 0.3 is 0 Å². The highest BCUT2D eigenvalue weighted by Gasteiger charge is 2.07. The molecule has 0 fully saturated rings. The van der Waals surface area contributed by atoms with Crippen molar-refractivity contribution >= 4 is 22.5 Å². The fraction of sp³-hybridized carbons (Fsp3) is 0.111. The quantitative estimate of drug-likeness (QED) is 0.780. The number of carbonyl (C=O) groups excluding carboxylic acids is 1. The third-order valence-corrected chi connectivity index (χ3v) is 3.20. The predicted octanol–water partition coefficient (Wildman–Crippen LogP) is 3.10. The number of methoxy groups -OCH3 is 1. The minimum atomic E-state index is -0.182. The molecule has 1 aromatic heterocycles. The summed E-state index contributed by atoms with van der Waals surface area (Å²) < 4.78 is 5.08. The van der Waals surface area contributed by atoms with Gasteiger partial charge in [-0.3, -0.25) is 9.78 Å². The SMILES string of the molecule is CO.COc1ccc(NC(=O)c2cnc3ccccc3c2)cc1. The van der Waals surface area contributed by atoms with Crippen LogP contribution in [-0.2, 0) is 0 Å². The van der Waals surface area contributed by atoms with Crippen LogP contribution in [0.1, 0.15) is 10.4 Å². The van der Waals surface area contributed by atoms with Crippen LogP contribution in [0.5, 0.6) is 5.75 Å². The first-order chi connectivity index (χ1) is 11.3. The maximum atomic E-state index is 12.2. The summed E-state index contributed by atoms with van der Waals surface area (Å²) in [6.07, 6.45) is 1.58. The summed E-state index contributed by atoms with van der Waals surface area (Å²) in [6, 6.07) is 16.7. The van der Waals surface area contributed by atoms with E-state index in [1.807, 2.05) is 30.3 Å². The van der Waals surface area contributed by atoms with Crippen LogP contribution in [-0.4, -0.2) is 30.2 Å². The van der Waals surface area contributed by atoms with Crippen molar-refractivity contribution in [1.82, 2.24) is 4.98 Å². The summed E-state index contributed by atoms with van der Waals surface area (Å²) in [5, 5.41) is 10.8. The van der Waals surface area contributed by atoms with Crippen LogP contribution < -0.4 is 10.1 Å². The monoisotopic (exact) mass is 310 g/mol. The van der Waals surface area contributed by atoms with E-state index >= 15 is 0 Å². The van der Waals surface area contributed by atoms with E-state index in [-0.39, 0.29) is 5.91 Å². The Labute approximate surface area is 134 Å². The summed E-state index contributed by atoms with van der Waals surface area (Å²) in [7, 11) is 2.61. The number of nitrogens with one attached hydrogen (secondary N) is 1. The van der Waals surface area contributed by atoms with Gasteiger partial charge in [0.2, 0.25) is 0 Å². The number of ether oxygens (including phenoxy) is 1. The molecule has 23 heavy (non-hydrogen) atoms. The normalized spacial score (nSPS) is 9.70. The molecular weight excluding hydrogens is 292 g/mol. The zero-order valence-electron chi connectivity index (χ0n) is 13.0. The third-order valence-electron chi connectivity index (χ3n) is 3.20. The van der Waals surface area contributed by atoms with Gasteiger partial charge in [0.1, 0.15) is 5.75 Å². The first kappa shape index (κ1) is 16.5. The topological polar surface area (TPSA) is 71.5 Å². The van der Waals surface area contributed by atoms with Gasteiger partial charge in [0.15, 0.2) is 0 Å². The number of pyridine rings is 1. The van der Waals surface area contributed by atoms with Crippen LogP contribution in [0.25, 0.3) is 10.9 Å². The van der Waals surface area contributed by atoms with Crippen molar-refractivity contribution in [2.24, 2.45) is 0 Å². The van der Waals surface area contributed by atoms with Crippen molar-refractivity contribution in [2.75, 3.05) is 19.5 Å². The number of benzene rings is 2. The van der Waals surface area contributed by atoms with E-state index in [1.54, 1.807) is 37.6 Å². The van der Waals surface area contributed by atoms with Gasteiger partial charge in [-0.05, 0) is 36.4 Å². The molecule has 2 aromatic carbocycles. The van der Waals surface area contributed by atoms with Gasteiger partial charge < -0.3 is 15.2 Å². The summed E-state index contributed by atoms with van der Waals surface area (Å²) >= 11 is 0. The van der Waals surface area contributed by atoms with Gasteiger partial charge in [-0.25, -0.2) is 0 Å². The number of aliphatic hydroxyl groups is 1. The Balaban J connectivity index is 0.000000924. The molecule has 0 aliphatic carbocycles. The average molecular weight is 310 g/mol. The molecule has 1 heterocycles. The highest BCUT2D eigenvalue weighted by Crippen LogP contribution is 2.17. The van der Waals surface area contributed by atoms with Crippen LogP contribution >= 0.6 is 0 Å². The van der Waals surface area contributed by atoms with Crippen molar-refractivity contribution in [3.8, 4) is 5.75 Å². The number of nitrogens with zero attached hydrogens (tertiary/aromatic N) is 1. The fourth-order valence-corrected chi connectivity index (χ4v) is 2.07. The van der Waals surface area contributed by atoms with E-state index in [2.05, 4.69) is 10.3 Å². The fourth-order valence-electron chi connectivity index (χ4n) is 2.07. The largest absolute Gasteiger partial charge is 0.497 e. The standard InChI is InChI=1S/C17H14N2O2.CH4O/c1-21-15-8-6-14(7-9-15)19-17(20)13-10-12-4-2-3-5-16(12)18-11-13;1-2/h2-11H,1H3,(H,19,20);2H,1H3. The number of amides is 1. The molecule has 0 saturated heterocycles. The van der Waals surface area contributed by atoms with Crippen LogP contribution in [0.4, 0.5) is 5.69 Å². The second-order valence-electron chi connectivity index (χ2n) is 4.60. The molecule has 0 spiro atoms. The first-order valence-corrected chi connectivity index (χ1v) is 7.01. The summed E-state index contributed by atoms with van der Waals surface area (Å²) in [4.78, 5) is 16.5. The lowest BCUT2D eigenvalue weighted by atomic mass is 10.1. The summed E-state index contributed by atoms with van der Waals surface area (Å²) in [6.45, 7) is 0. The molecule has 0 aliphatic rings. The van der Waals surface area contributed by atoms with Gasteiger partial charge in [0.25, 0.3) is 5.91 Å². The molecule has 0 atom stereocenters. The second kappa shape index (κ2) is 7.91. The molecule has 2 N–H and O–H groups in total. The highest BCUT2D eigenvalue weighted by molar-refractivity contribution is 6.05. The Kier molecular flexibility index (Phi) is 5.66. The number of hydrogen-bond donors (Lipinski definition) is 2. The molecule has 5 nitrogen and oxygen atoms in total. The number of hydrogen-bond acceptors (Lipinski definition) is 4. The average Bonchev–Trinajstić information content (AvgIpc) is 2.63. The Morgan fingerprint density at radius 1 is 1.09 bits per heavy atom. The van der Waals surface area contributed by atoms with E-state index < -0.39 is 0 Å². The van der Waals surface area contributed by atoms with E-state index in [1.165, 1.54) is 0 Å². The Morgan fingerprint density at radius 2 is 1.78 bits per heavy atom. The Hall–Kier alpha value is -2.92. The van der Waals surface area contributed by atoms with Crippen LogP contribution in [0.3, 0.4) is 0 Å². The minimum absolute atomic E-state index is 0.182. The summed E-state index contributed by atoms with van der Waals surface area (Å²) in [5.74, 6) is 0.568. The van der Waals surface area contributed by atoms with Crippen molar-refractivity contribution in [2.45, 2.75) is 0 Å². The highest BCUT2D eigenvalue weighted by atomic mass is 16.5. The van der Waals surface area contributed by atoms with Crippen LogP contribution in [0, 0.1) is 0 Å². The lowest BCUT2D eigenvalue weighted by Crippen LogP contribution is -2.12. The number of para-hydroxylation sites is 1.